The molecule has 0 saturated heterocycles. The van der Waals surface area contributed by atoms with E-state index in [0.29, 0.717) is 11.3 Å². The minimum atomic E-state index is -0.309. The number of aryl methyl sites for hydroxylation is 1. The highest BCUT2D eigenvalue weighted by atomic mass is 16.5. The Kier molecular flexibility index (Phi) is 4.90. The van der Waals surface area contributed by atoms with Crippen LogP contribution >= 0.6 is 0 Å². The normalized spacial score (nSPS) is 15.3. The maximum Gasteiger partial charge on any atom is 0.255 e. The van der Waals surface area contributed by atoms with Crippen molar-refractivity contribution in [2.45, 2.75) is 19.9 Å². The molecule has 2 N–H and O–H groups in total. The number of allylic oxidation sites excluding steroid dienone is 1. The van der Waals surface area contributed by atoms with Crippen molar-refractivity contribution in [3.05, 3.63) is 95.2 Å². The van der Waals surface area contributed by atoms with Crippen molar-refractivity contribution in [2.24, 2.45) is 0 Å². The molecule has 6 heteroatoms. The van der Waals surface area contributed by atoms with E-state index in [9.17, 15) is 4.79 Å². The van der Waals surface area contributed by atoms with E-state index in [1.165, 1.54) is 0 Å². The number of fused-ring (bicyclic) bond motifs is 3. The lowest BCUT2D eigenvalue weighted by atomic mass is 9.93. The molecule has 1 amide bonds. The van der Waals surface area contributed by atoms with Gasteiger partial charge in [-0.3, -0.25) is 9.36 Å². The Hall–Kier alpha value is -4.06. The number of hydrogen-bond donors (Lipinski definition) is 2. The Labute approximate surface area is 186 Å². The minimum Gasteiger partial charge on any atom is -0.497 e. The average Bonchev–Trinajstić information content (AvgIpc) is 3.16. The number of carbonyl (C=O) groups is 1. The summed E-state index contributed by atoms with van der Waals surface area (Å²) in [6.45, 7) is 3.99. The monoisotopic (exact) mass is 424 g/mol. The summed E-state index contributed by atoms with van der Waals surface area (Å²) in [4.78, 5) is 18.4. The number of amides is 1. The van der Waals surface area contributed by atoms with Gasteiger partial charge in [-0.2, -0.15) is 0 Å². The summed E-state index contributed by atoms with van der Waals surface area (Å²) < 4.78 is 7.33. The lowest BCUT2D eigenvalue weighted by Gasteiger charge is -2.31. The van der Waals surface area contributed by atoms with Crippen LogP contribution in [-0.2, 0) is 4.79 Å². The first-order valence-electron chi connectivity index (χ1n) is 10.5. The molecule has 32 heavy (non-hydrogen) atoms. The summed E-state index contributed by atoms with van der Waals surface area (Å²) in [5, 5.41) is 6.40. The van der Waals surface area contributed by atoms with E-state index in [4.69, 9.17) is 9.72 Å². The molecule has 3 aromatic carbocycles. The molecule has 0 radical (unpaired) electrons. The van der Waals surface area contributed by atoms with Gasteiger partial charge < -0.3 is 15.4 Å². The van der Waals surface area contributed by atoms with Crippen molar-refractivity contribution in [1.82, 2.24) is 9.55 Å². The van der Waals surface area contributed by atoms with E-state index in [1.54, 1.807) is 7.11 Å². The second kappa shape index (κ2) is 7.89. The highest BCUT2D eigenvalue weighted by Gasteiger charge is 2.34. The smallest absolute Gasteiger partial charge is 0.255 e. The number of aromatic nitrogens is 2. The minimum absolute atomic E-state index is 0.157. The van der Waals surface area contributed by atoms with Crippen LogP contribution < -0.4 is 15.4 Å². The highest BCUT2D eigenvalue weighted by Crippen LogP contribution is 2.39. The van der Waals surface area contributed by atoms with Gasteiger partial charge >= 0.3 is 0 Å². The van der Waals surface area contributed by atoms with Crippen molar-refractivity contribution in [1.29, 1.82) is 0 Å². The third-order valence-corrected chi connectivity index (χ3v) is 5.78. The molecule has 0 saturated carbocycles. The van der Waals surface area contributed by atoms with Gasteiger partial charge in [0.1, 0.15) is 5.75 Å². The standard InChI is InChI=1S/C26H24N4O2/c1-16-7-6-8-18(15-16)24-23(25(31)28-19-11-13-20(32-3)14-12-19)17(2)27-26-29-21-9-4-5-10-22(21)30(24)26/h4-15,24H,1-3H3,(H,27,29)(H,28,31). The first-order chi connectivity index (χ1) is 15.5. The van der Waals surface area contributed by atoms with Gasteiger partial charge in [-0.25, -0.2) is 4.98 Å². The van der Waals surface area contributed by atoms with Crippen LogP contribution in [0, 0.1) is 6.92 Å². The van der Waals surface area contributed by atoms with Gasteiger partial charge in [0.2, 0.25) is 5.95 Å². The fourth-order valence-corrected chi connectivity index (χ4v) is 4.29. The fraction of sp³-hybridized carbons (Fsp3) is 0.154. The van der Waals surface area contributed by atoms with E-state index in [0.717, 1.165) is 39.6 Å². The second-order valence-corrected chi connectivity index (χ2v) is 7.96. The molecular weight excluding hydrogens is 400 g/mol. The number of benzene rings is 3. The molecule has 4 aromatic rings. The highest BCUT2D eigenvalue weighted by molar-refractivity contribution is 6.06. The molecular formula is C26H24N4O2. The topological polar surface area (TPSA) is 68.2 Å². The zero-order chi connectivity index (χ0) is 22.2. The first kappa shape index (κ1) is 19.9. The van der Waals surface area contributed by atoms with Crippen molar-refractivity contribution >= 4 is 28.6 Å². The first-order valence-corrected chi connectivity index (χ1v) is 10.5. The molecule has 1 atom stereocenters. The summed E-state index contributed by atoms with van der Waals surface area (Å²) in [5.41, 5.74) is 6.18. The number of hydrogen-bond acceptors (Lipinski definition) is 4. The summed E-state index contributed by atoms with van der Waals surface area (Å²) >= 11 is 0. The number of ether oxygens (including phenoxy) is 1. The van der Waals surface area contributed by atoms with Crippen LogP contribution in [0.15, 0.2) is 84.1 Å². The molecule has 1 aromatic heterocycles. The molecule has 0 fully saturated rings. The lowest BCUT2D eigenvalue weighted by Crippen LogP contribution is -2.31. The van der Waals surface area contributed by atoms with Crippen LogP contribution in [0.5, 0.6) is 5.75 Å². The number of nitrogens with zero attached hydrogens (tertiary/aromatic N) is 2. The molecule has 0 bridgehead atoms. The number of rotatable bonds is 4. The van der Waals surface area contributed by atoms with Crippen LogP contribution in [0.2, 0.25) is 0 Å². The van der Waals surface area contributed by atoms with Crippen LogP contribution in [0.3, 0.4) is 0 Å². The van der Waals surface area contributed by atoms with Gasteiger partial charge in [-0.05, 0) is 55.8 Å². The van der Waals surface area contributed by atoms with Crippen molar-refractivity contribution in [3.8, 4) is 5.75 Å². The quantitative estimate of drug-likeness (QED) is 0.468. The third-order valence-electron chi connectivity index (χ3n) is 5.78. The van der Waals surface area contributed by atoms with Crippen LogP contribution in [0.25, 0.3) is 11.0 Å². The summed E-state index contributed by atoms with van der Waals surface area (Å²) in [5.74, 6) is 1.32. The Morgan fingerprint density at radius 3 is 2.56 bits per heavy atom. The summed E-state index contributed by atoms with van der Waals surface area (Å²) in [6.07, 6.45) is 0. The van der Waals surface area contributed by atoms with E-state index in [-0.39, 0.29) is 11.9 Å². The molecule has 1 unspecified atom stereocenters. The zero-order valence-electron chi connectivity index (χ0n) is 18.2. The number of methoxy groups -OCH3 is 1. The number of anilines is 2. The Morgan fingerprint density at radius 1 is 1.03 bits per heavy atom. The molecule has 1 aliphatic rings. The van der Waals surface area contributed by atoms with Gasteiger partial charge in [0, 0.05) is 11.4 Å². The Morgan fingerprint density at radius 2 is 1.81 bits per heavy atom. The van der Waals surface area contributed by atoms with Gasteiger partial charge in [0.05, 0.1) is 29.8 Å². The van der Waals surface area contributed by atoms with Gasteiger partial charge in [-0.1, -0.05) is 42.0 Å². The summed E-state index contributed by atoms with van der Waals surface area (Å²) in [6, 6.07) is 23.3. The van der Waals surface area contributed by atoms with E-state index in [1.807, 2.05) is 61.5 Å². The number of imidazole rings is 1. The number of carbonyl (C=O) groups excluding carboxylic acids is 1. The van der Waals surface area contributed by atoms with Crippen molar-refractivity contribution < 1.29 is 9.53 Å². The van der Waals surface area contributed by atoms with E-state index in [2.05, 4.69) is 40.3 Å². The predicted molar refractivity (Wildman–Crippen MR) is 127 cm³/mol. The van der Waals surface area contributed by atoms with E-state index >= 15 is 0 Å². The fourth-order valence-electron chi connectivity index (χ4n) is 4.29. The molecule has 0 spiro atoms. The van der Waals surface area contributed by atoms with E-state index < -0.39 is 0 Å². The molecule has 160 valence electrons. The average molecular weight is 425 g/mol. The zero-order valence-corrected chi connectivity index (χ0v) is 18.2. The largest absolute Gasteiger partial charge is 0.497 e. The van der Waals surface area contributed by atoms with Crippen molar-refractivity contribution in [2.75, 3.05) is 17.7 Å². The Bertz CT molecular complexity index is 1350. The van der Waals surface area contributed by atoms with Crippen LogP contribution in [0.1, 0.15) is 24.1 Å². The second-order valence-electron chi connectivity index (χ2n) is 7.96. The number of nitrogens with one attached hydrogen (secondary N) is 2. The van der Waals surface area contributed by atoms with Crippen molar-refractivity contribution in [3.63, 3.8) is 0 Å². The molecule has 0 aliphatic carbocycles. The Balaban J connectivity index is 1.63. The molecule has 6 nitrogen and oxygen atoms in total. The third kappa shape index (κ3) is 3.39. The van der Waals surface area contributed by atoms with Crippen LogP contribution in [-0.4, -0.2) is 22.6 Å². The van der Waals surface area contributed by atoms with Crippen LogP contribution in [0.4, 0.5) is 11.6 Å². The predicted octanol–water partition coefficient (Wildman–Crippen LogP) is 5.28. The molecule has 5 rings (SSSR count). The molecule has 1 aliphatic heterocycles. The lowest BCUT2D eigenvalue weighted by molar-refractivity contribution is -0.113. The maximum atomic E-state index is 13.6. The van der Waals surface area contributed by atoms with Gasteiger partial charge in [-0.15, -0.1) is 0 Å². The SMILES string of the molecule is COc1ccc(NC(=O)C2=C(C)Nc3nc4ccccc4n3C2c2cccc(C)c2)cc1. The van der Waals surface area contributed by atoms with Gasteiger partial charge in [0.15, 0.2) is 0 Å². The maximum absolute atomic E-state index is 13.6. The van der Waals surface area contributed by atoms with Gasteiger partial charge in [0.25, 0.3) is 5.91 Å². The molecule has 2 heterocycles. The number of para-hydroxylation sites is 2. The summed E-state index contributed by atoms with van der Waals surface area (Å²) in [7, 11) is 1.62.